The van der Waals surface area contributed by atoms with E-state index in [0.29, 0.717) is 17.5 Å². The molecule has 6 nitrogen and oxygen atoms in total. The first-order valence-electron chi connectivity index (χ1n) is 3.91. The van der Waals surface area contributed by atoms with Gasteiger partial charge >= 0.3 is 5.97 Å². The van der Waals surface area contributed by atoms with E-state index in [9.17, 15) is 14.4 Å². The summed E-state index contributed by atoms with van der Waals surface area (Å²) in [5.41, 5.74) is 0. The molecule has 74 valence electrons. The van der Waals surface area contributed by atoms with E-state index in [4.69, 9.17) is 5.11 Å². The molecule has 0 radical (unpaired) electrons. The van der Waals surface area contributed by atoms with Crippen LogP contribution in [0.2, 0.25) is 0 Å². The fourth-order valence-corrected chi connectivity index (χ4v) is 2.28. The van der Waals surface area contributed by atoms with Crippen molar-refractivity contribution in [3.8, 4) is 0 Å². The molecule has 14 heavy (non-hydrogen) atoms. The Bertz CT molecular complexity index is 365. The Morgan fingerprint density at radius 2 is 2.29 bits per heavy atom. The van der Waals surface area contributed by atoms with Gasteiger partial charge in [0.05, 0.1) is 0 Å². The SMILES string of the molecule is O=C(O)C1C(=O)N=C2SCCN2C1=O. The van der Waals surface area contributed by atoms with Crippen molar-refractivity contribution in [1.82, 2.24) is 4.90 Å². The molecule has 0 aromatic carbocycles. The third-order valence-corrected chi connectivity index (χ3v) is 2.95. The van der Waals surface area contributed by atoms with Crippen LogP contribution in [-0.2, 0) is 14.4 Å². The van der Waals surface area contributed by atoms with Crippen LogP contribution in [0.3, 0.4) is 0 Å². The Labute approximate surface area is 83.0 Å². The number of aliphatic imine (C=N–C) groups is 1. The first-order valence-corrected chi connectivity index (χ1v) is 4.89. The predicted octanol–water partition coefficient (Wildman–Crippen LogP) is -0.841. The van der Waals surface area contributed by atoms with Crippen molar-refractivity contribution >= 4 is 34.7 Å². The minimum atomic E-state index is -1.64. The normalized spacial score (nSPS) is 26.1. The van der Waals surface area contributed by atoms with Crippen molar-refractivity contribution in [2.75, 3.05) is 12.3 Å². The summed E-state index contributed by atoms with van der Waals surface area (Å²) in [5.74, 6) is -3.96. The Hall–Kier alpha value is -1.37. The second-order valence-electron chi connectivity index (χ2n) is 2.84. The summed E-state index contributed by atoms with van der Waals surface area (Å²) >= 11 is 1.29. The molecule has 0 saturated carbocycles. The number of carbonyl (C=O) groups excluding carboxylic acids is 2. The van der Waals surface area contributed by atoms with Crippen LogP contribution in [-0.4, -0.2) is 45.3 Å². The van der Waals surface area contributed by atoms with Crippen molar-refractivity contribution in [3.05, 3.63) is 0 Å². The second-order valence-corrected chi connectivity index (χ2v) is 3.90. The number of thioether (sulfide) groups is 1. The van der Waals surface area contributed by atoms with E-state index in [-0.39, 0.29) is 0 Å². The highest BCUT2D eigenvalue weighted by Crippen LogP contribution is 2.25. The number of amidine groups is 1. The van der Waals surface area contributed by atoms with Gasteiger partial charge in [-0.25, -0.2) is 0 Å². The lowest BCUT2D eigenvalue weighted by Crippen LogP contribution is -2.47. The topological polar surface area (TPSA) is 87.0 Å². The van der Waals surface area contributed by atoms with Crippen LogP contribution in [0.1, 0.15) is 0 Å². The molecule has 2 amide bonds. The maximum Gasteiger partial charge on any atom is 0.325 e. The van der Waals surface area contributed by atoms with Gasteiger partial charge < -0.3 is 5.11 Å². The largest absolute Gasteiger partial charge is 0.480 e. The molecule has 1 fully saturated rings. The number of carbonyl (C=O) groups is 3. The zero-order chi connectivity index (χ0) is 10.3. The first-order chi connectivity index (χ1) is 6.61. The number of nitrogens with zero attached hydrogens (tertiary/aromatic N) is 2. The van der Waals surface area contributed by atoms with Gasteiger partial charge in [-0.15, -0.1) is 0 Å². The van der Waals surface area contributed by atoms with E-state index in [2.05, 4.69) is 4.99 Å². The van der Waals surface area contributed by atoms with Gasteiger partial charge in [-0.3, -0.25) is 19.3 Å². The Balaban J connectivity index is 2.38. The molecule has 0 aromatic rings. The van der Waals surface area contributed by atoms with Gasteiger partial charge in [0.1, 0.15) is 0 Å². The molecule has 0 spiro atoms. The number of hydrogen-bond acceptors (Lipinski definition) is 4. The van der Waals surface area contributed by atoms with E-state index >= 15 is 0 Å². The maximum atomic E-state index is 11.5. The number of carboxylic acid groups (broad SMARTS) is 1. The lowest BCUT2D eigenvalue weighted by atomic mass is 10.1. The van der Waals surface area contributed by atoms with E-state index in [1.165, 1.54) is 16.7 Å². The molecule has 2 aliphatic heterocycles. The number of rotatable bonds is 1. The summed E-state index contributed by atoms with van der Waals surface area (Å²) in [6, 6.07) is 0. The number of hydrogen-bond donors (Lipinski definition) is 1. The Kier molecular flexibility index (Phi) is 2.03. The predicted molar refractivity (Wildman–Crippen MR) is 47.7 cm³/mol. The molecule has 1 unspecified atom stereocenters. The van der Waals surface area contributed by atoms with Crippen molar-refractivity contribution in [2.45, 2.75) is 0 Å². The molecule has 2 rings (SSSR count). The van der Waals surface area contributed by atoms with Gasteiger partial charge in [-0.05, 0) is 0 Å². The smallest absolute Gasteiger partial charge is 0.325 e. The van der Waals surface area contributed by atoms with E-state index in [1.54, 1.807) is 0 Å². The fraction of sp³-hybridized carbons (Fsp3) is 0.429. The minimum absolute atomic E-state index is 0.331. The molecule has 1 saturated heterocycles. The highest BCUT2D eigenvalue weighted by atomic mass is 32.2. The van der Waals surface area contributed by atoms with E-state index in [0.717, 1.165) is 0 Å². The monoisotopic (exact) mass is 214 g/mol. The third kappa shape index (κ3) is 1.20. The number of aliphatic carboxylic acids is 1. The molecule has 0 bridgehead atoms. The van der Waals surface area contributed by atoms with E-state index in [1.807, 2.05) is 0 Å². The van der Waals surface area contributed by atoms with Crippen molar-refractivity contribution < 1.29 is 19.5 Å². The number of fused-ring (bicyclic) bond motifs is 1. The molecule has 0 aromatic heterocycles. The van der Waals surface area contributed by atoms with Gasteiger partial charge in [0.15, 0.2) is 5.17 Å². The fourth-order valence-electron chi connectivity index (χ4n) is 1.33. The number of amides is 2. The van der Waals surface area contributed by atoms with Crippen molar-refractivity contribution in [3.63, 3.8) is 0 Å². The molecular formula is C7H6N2O4S. The maximum absolute atomic E-state index is 11.5. The quantitative estimate of drug-likeness (QED) is 0.575. The molecule has 2 heterocycles. The Morgan fingerprint density at radius 3 is 2.93 bits per heavy atom. The highest BCUT2D eigenvalue weighted by Gasteiger charge is 2.44. The van der Waals surface area contributed by atoms with Crippen molar-refractivity contribution in [1.29, 1.82) is 0 Å². The van der Waals surface area contributed by atoms with Crippen LogP contribution in [0.5, 0.6) is 0 Å². The van der Waals surface area contributed by atoms with Gasteiger partial charge in [-0.1, -0.05) is 11.8 Å². The average molecular weight is 214 g/mol. The van der Waals surface area contributed by atoms with Crippen LogP contribution in [0.15, 0.2) is 4.99 Å². The van der Waals surface area contributed by atoms with Gasteiger partial charge in [0.25, 0.3) is 11.8 Å². The lowest BCUT2D eigenvalue weighted by molar-refractivity contribution is -0.153. The van der Waals surface area contributed by atoms with Crippen LogP contribution < -0.4 is 0 Å². The van der Waals surface area contributed by atoms with Gasteiger partial charge in [-0.2, -0.15) is 4.99 Å². The summed E-state index contributed by atoms with van der Waals surface area (Å²) in [6.07, 6.45) is 0. The average Bonchev–Trinajstić information content (AvgIpc) is 2.50. The minimum Gasteiger partial charge on any atom is -0.480 e. The van der Waals surface area contributed by atoms with Gasteiger partial charge in [0.2, 0.25) is 5.92 Å². The first kappa shape index (κ1) is 9.20. The third-order valence-electron chi connectivity index (χ3n) is 1.99. The van der Waals surface area contributed by atoms with Crippen LogP contribution in [0.4, 0.5) is 0 Å². The van der Waals surface area contributed by atoms with Crippen LogP contribution >= 0.6 is 11.8 Å². The van der Waals surface area contributed by atoms with Crippen LogP contribution in [0, 0.1) is 5.92 Å². The molecule has 2 aliphatic rings. The zero-order valence-corrected chi connectivity index (χ0v) is 7.78. The summed E-state index contributed by atoms with van der Waals surface area (Å²) in [5, 5.41) is 8.99. The van der Waals surface area contributed by atoms with Crippen LogP contribution in [0.25, 0.3) is 0 Å². The Morgan fingerprint density at radius 1 is 1.57 bits per heavy atom. The molecule has 1 N–H and O–H groups in total. The molecule has 7 heteroatoms. The highest BCUT2D eigenvalue weighted by molar-refractivity contribution is 8.14. The second kappa shape index (κ2) is 3.09. The summed E-state index contributed by atoms with van der Waals surface area (Å²) < 4.78 is 0. The standard InChI is InChI=1S/C7H6N2O4S/c10-4-3(6(12)13)5(11)9-1-2-14-7(9)8-4/h3H,1-2H2,(H,12,13). The summed E-state index contributed by atoms with van der Waals surface area (Å²) in [6.45, 7) is 0.430. The van der Waals surface area contributed by atoms with E-state index < -0.39 is 23.7 Å². The zero-order valence-electron chi connectivity index (χ0n) is 6.97. The summed E-state index contributed by atoms with van der Waals surface area (Å²) in [4.78, 5) is 38.1. The summed E-state index contributed by atoms with van der Waals surface area (Å²) in [7, 11) is 0. The lowest BCUT2D eigenvalue weighted by Gasteiger charge is -2.22. The number of carboxylic acids is 1. The molecule has 1 atom stereocenters. The van der Waals surface area contributed by atoms with Gasteiger partial charge in [0, 0.05) is 12.3 Å². The van der Waals surface area contributed by atoms with Crippen molar-refractivity contribution in [2.24, 2.45) is 10.9 Å². The molecule has 0 aliphatic carbocycles. The molecular weight excluding hydrogens is 208 g/mol.